The van der Waals surface area contributed by atoms with E-state index in [1.807, 2.05) is 31.2 Å². The Balaban J connectivity index is 1.45. The normalized spacial score (nSPS) is 13.0. The van der Waals surface area contributed by atoms with E-state index in [0.29, 0.717) is 38.3 Å². The number of amides is 3. The van der Waals surface area contributed by atoms with E-state index in [1.54, 1.807) is 79.9 Å². The van der Waals surface area contributed by atoms with Crippen molar-refractivity contribution in [2.75, 3.05) is 22.6 Å². The minimum atomic E-state index is -0.471. The molecule has 9 heteroatoms. The maximum atomic E-state index is 13.7. The minimum Gasteiger partial charge on any atom is -0.497 e. The average Bonchev–Trinajstić information content (AvgIpc) is 3.18. The van der Waals surface area contributed by atoms with E-state index >= 15 is 0 Å². The van der Waals surface area contributed by atoms with Crippen LogP contribution in [0, 0.1) is 6.92 Å². The number of nitrogens with one attached hydrogen (secondary N) is 2. The summed E-state index contributed by atoms with van der Waals surface area (Å²) in [7, 11) is 1.55. The van der Waals surface area contributed by atoms with Crippen molar-refractivity contribution in [1.29, 1.82) is 0 Å². The van der Waals surface area contributed by atoms with E-state index in [0.717, 1.165) is 22.2 Å². The van der Waals surface area contributed by atoms with Crippen LogP contribution in [0.3, 0.4) is 0 Å². The van der Waals surface area contributed by atoms with Gasteiger partial charge in [-0.15, -0.1) is 0 Å². The molecule has 0 aromatic heterocycles. The molecule has 40 heavy (non-hydrogen) atoms. The maximum Gasteiger partial charge on any atom is 0.283 e. The molecule has 3 amide bonds. The Morgan fingerprint density at radius 2 is 1.57 bits per heavy atom. The SMILES string of the molecule is COc1ccc(N2C(=O)C(Nc3ccc(C)cc3)=C(Sc3cccc(NC(=O)c4ccccc4Cl)c3)C2=O)cc1. The molecule has 1 aliphatic rings. The Morgan fingerprint density at radius 1 is 0.850 bits per heavy atom. The largest absolute Gasteiger partial charge is 0.497 e. The Hall–Kier alpha value is -4.53. The molecule has 4 aromatic rings. The molecule has 0 saturated heterocycles. The van der Waals surface area contributed by atoms with Gasteiger partial charge in [-0.1, -0.05) is 59.3 Å². The number of thioether (sulfide) groups is 1. The fraction of sp³-hybridized carbons (Fsp3) is 0.0645. The van der Waals surface area contributed by atoms with Crippen molar-refractivity contribution >= 4 is 58.1 Å². The Morgan fingerprint density at radius 3 is 2.27 bits per heavy atom. The lowest BCUT2D eigenvalue weighted by molar-refractivity contribution is -0.120. The molecule has 7 nitrogen and oxygen atoms in total. The highest BCUT2D eigenvalue weighted by atomic mass is 35.5. The van der Waals surface area contributed by atoms with E-state index in [9.17, 15) is 14.4 Å². The summed E-state index contributed by atoms with van der Waals surface area (Å²) in [4.78, 5) is 42.1. The lowest BCUT2D eigenvalue weighted by atomic mass is 10.2. The predicted octanol–water partition coefficient (Wildman–Crippen LogP) is 6.90. The predicted molar refractivity (Wildman–Crippen MR) is 159 cm³/mol. The third-order valence-electron chi connectivity index (χ3n) is 6.12. The van der Waals surface area contributed by atoms with Crippen LogP contribution in [0.5, 0.6) is 5.75 Å². The van der Waals surface area contributed by atoms with Gasteiger partial charge in [0.25, 0.3) is 17.7 Å². The third kappa shape index (κ3) is 5.73. The molecule has 200 valence electrons. The molecule has 2 N–H and O–H groups in total. The highest BCUT2D eigenvalue weighted by Gasteiger charge is 2.40. The number of carbonyl (C=O) groups excluding carboxylic acids is 3. The number of halogens is 1. The van der Waals surface area contributed by atoms with E-state index in [-0.39, 0.29) is 16.5 Å². The van der Waals surface area contributed by atoms with Gasteiger partial charge in [-0.25, -0.2) is 4.90 Å². The van der Waals surface area contributed by atoms with Gasteiger partial charge >= 0.3 is 0 Å². The Kier molecular flexibility index (Phi) is 7.91. The van der Waals surface area contributed by atoms with E-state index in [2.05, 4.69) is 10.6 Å². The van der Waals surface area contributed by atoms with Crippen LogP contribution in [0.1, 0.15) is 15.9 Å². The molecular formula is C31H24ClN3O4S. The summed E-state index contributed by atoms with van der Waals surface area (Å²) in [6.07, 6.45) is 0. The van der Waals surface area contributed by atoms with Gasteiger partial charge in [-0.3, -0.25) is 14.4 Å². The zero-order valence-electron chi connectivity index (χ0n) is 21.6. The zero-order chi connectivity index (χ0) is 28.2. The molecule has 0 saturated carbocycles. The molecule has 0 spiro atoms. The topological polar surface area (TPSA) is 87.7 Å². The van der Waals surface area contributed by atoms with Crippen LogP contribution in [-0.4, -0.2) is 24.8 Å². The summed E-state index contributed by atoms with van der Waals surface area (Å²) in [5, 5.41) is 6.34. The fourth-order valence-electron chi connectivity index (χ4n) is 4.06. The number of anilines is 3. The number of benzene rings is 4. The lowest BCUT2D eigenvalue weighted by Gasteiger charge is -2.15. The summed E-state index contributed by atoms with van der Waals surface area (Å²) >= 11 is 7.32. The van der Waals surface area contributed by atoms with Crippen LogP contribution in [0.15, 0.2) is 113 Å². The quantitative estimate of drug-likeness (QED) is 0.224. The molecule has 0 bridgehead atoms. The molecule has 0 fully saturated rings. The summed E-state index contributed by atoms with van der Waals surface area (Å²) in [5.74, 6) is -0.674. The average molecular weight is 570 g/mol. The number of rotatable bonds is 8. The summed E-state index contributed by atoms with van der Waals surface area (Å²) < 4.78 is 5.22. The summed E-state index contributed by atoms with van der Waals surface area (Å²) in [5.41, 5.74) is 3.21. The van der Waals surface area contributed by atoms with Crippen molar-refractivity contribution in [2.24, 2.45) is 0 Å². The van der Waals surface area contributed by atoms with Gasteiger partial charge in [-0.05, 0) is 73.7 Å². The highest BCUT2D eigenvalue weighted by molar-refractivity contribution is 8.04. The third-order valence-corrected chi connectivity index (χ3v) is 7.53. The minimum absolute atomic E-state index is 0.167. The van der Waals surface area contributed by atoms with Gasteiger partial charge in [0.05, 0.1) is 23.4 Å². The second-order valence-corrected chi connectivity index (χ2v) is 10.4. The molecular weight excluding hydrogens is 546 g/mol. The lowest BCUT2D eigenvalue weighted by Crippen LogP contribution is -2.32. The maximum absolute atomic E-state index is 13.7. The number of nitrogens with zero attached hydrogens (tertiary/aromatic N) is 1. The molecule has 0 radical (unpaired) electrons. The first-order chi connectivity index (χ1) is 19.3. The zero-order valence-corrected chi connectivity index (χ0v) is 23.2. The second-order valence-electron chi connectivity index (χ2n) is 8.90. The van der Waals surface area contributed by atoms with Crippen molar-refractivity contribution in [1.82, 2.24) is 0 Å². The number of hydrogen-bond acceptors (Lipinski definition) is 6. The standard InChI is InChI=1S/C31H24ClN3O4S/c1-19-10-12-20(13-11-19)33-27-28(31(38)35(30(27)37)22-14-16-23(39-2)17-15-22)40-24-7-5-6-21(18-24)34-29(36)25-8-3-4-9-26(25)32/h3-18,33H,1-2H3,(H,34,36). The van der Waals surface area contributed by atoms with Crippen molar-refractivity contribution in [3.63, 3.8) is 0 Å². The van der Waals surface area contributed by atoms with Crippen LogP contribution in [-0.2, 0) is 9.59 Å². The van der Waals surface area contributed by atoms with Crippen LogP contribution < -0.4 is 20.3 Å². The summed E-state index contributed by atoms with van der Waals surface area (Å²) in [6.45, 7) is 1.97. The molecule has 5 rings (SSSR count). The molecule has 0 aliphatic carbocycles. The molecule has 0 unspecified atom stereocenters. The van der Waals surface area contributed by atoms with Crippen molar-refractivity contribution in [3.05, 3.63) is 124 Å². The number of aryl methyl sites for hydroxylation is 1. The van der Waals surface area contributed by atoms with Crippen molar-refractivity contribution < 1.29 is 19.1 Å². The fourth-order valence-corrected chi connectivity index (χ4v) is 5.27. The first-order valence-electron chi connectivity index (χ1n) is 12.3. The first kappa shape index (κ1) is 27.1. The molecule has 4 aromatic carbocycles. The number of imide groups is 1. The Bertz CT molecular complexity index is 1640. The highest BCUT2D eigenvalue weighted by Crippen LogP contribution is 2.39. The first-order valence-corrected chi connectivity index (χ1v) is 13.5. The van der Waals surface area contributed by atoms with Gasteiger partial charge in [0.1, 0.15) is 16.4 Å². The van der Waals surface area contributed by atoms with Crippen LogP contribution in [0.25, 0.3) is 0 Å². The number of hydrogen-bond donors (Lipinski definition) is 2. The van der Waals surface area contributed by atoms with Crippen LogP contribution in [0.4, 0.5) is 17.1 Å². The number of carbonyl (C=O) groups is 3. The van der Waals surface area contributed by atoms with Gasteiger partial charge in [-0.2, -0.15) is 0 Å². The van der Waals surface area contributed by atoms with Crippen molar-refractivity contribution in [3.8, 4) is 5.75 Å². The number of ether oxygens (including phenoxy) is 1. The molecule has 1 aliphatic heterocycles. The van der Waals surface area contributed by atoms with Crippen molar-refractivity contribution in [2.45, 2.75) is 11.8 Å². The number of methoxy groups -OCH3 is 1. The van der Waals surface area contributed by atoms with E-state index < -0.39 is 11.8 Å². The van der Waals surface area contributed by atoms with E-state index in [4.69, 9.17) is 16.3 Å². The van der Waals surface area contributed by atoms with Gasteiger partial charge in [0.2, 0.25) is 0 Å². The second kappa shape index (κ2) is 11.7. The molecule has 1 heterocycles. The van der Waals surface area contributed by atoms with Crippen LogP contribution in [0.2, 0.25) is 5.02 Å². The molecule has 0 atom stereocenters. The van der Waals surface area contributed by atoms with Crippen LogP contribution >= 0.6 is 23.4 Å². The summed E-state index contributed by atoms with van der Waals surface area (Å²) in [6, 6.07) is 28.1. The Labute approximate surface area is 240 Å². The van der Waals surface area contributed by atoms with Gasteiger partial charge in [0.15, 0.2) is 0 Å². The smallest absolute Gasteiger partial charge is 0.283 e. The van der Waals surface area contributed by atoms with Gasteiger partial charge < -0.3 is 15.4 Å². The van der Waals surface area contributed by atoms with Gasteiger partial charge in [0, 0.05) is 16.3 Å². The monoisotopic (exact) mass is 569 g/mol. The van der Waals surface area contributed by atoms with E-state index in [1.165, 1.54) is 0 Å².